The van der Waals surface area contributed by atoms with Crippen molar-refractivity contribution in [3.63, 3.8) is 0 Å². The third-order valence-corrected chi connectivity index (χ3v) is 3.56. The molecule has 1 atom stereocenters. The minimum atomic E-state index is 0.428. The molecule has 0 amide bonds. The molecule has 1 aliphatic rings. The molecular weight excluding hydrogens is 240 g/mol. The van der Waals surface area contributed by atoms with Crippen LogP contribution in [-0.2, 0) is 0 Å². The average Bonchev–Trinajstić information content (AvgIpc) is 2.54. The van der Waals surface area contributed by atoms with E-state index in [9.17, 15) is 0 Å². The average molecular weight is 249 g/mol. The Morgan fingerprint density at radius 1 is 1.42 bits per heavy atom. The molecule has 1 saturated heterocycles. The van der Waals surface area contributed by atoms with Crippen LogP contribution in [0.2, 0.25) is 0 Å². The van der Waals surface area contributed by atoms with Gasteiger partial charge in [0, 0.05) is 15.9 Å². The van der Waals surface area contributed by atoms with Gasteiger partial charge in [-0.2, -0.15) is 0 Å². The van der Waals surface area contributed by atoms with Gasteiger partial charge in [-0.05, 0) is 18.6 Å². The van der Waals surface area contributed by atoms with Gasteiger partial charge in [0.1, 0.15) is 0 Å². The molecule has 1 unspecified atom stereocenters. The summed E-state index contributed by atoms with van der Waals surface area (Å²) >= 11 is 5.06. The van der Waals surface area contributed by atoms with Gasteiger partial charge in [0.2, 0.25) is 5.89 Å². The molecule has 5 heteroatoms. The molecule has 2 heterocycles. The Balaban J connectivity index is 2.08. The van der Waals surface area contributed by atoms with E-state index in [1.54, 1.807) is 0 Å². The van der Waals surface area contributed by atoms with E-state index in [2.05, 4.69) is 26.1 Å². The first kappa shape index (κ1) is 8.56. The summed E-state index contributed by atoms with van der Waals surface area (Å²) in [5, 5.41) is 8.16. The SMILES string of the molecule is Brc1nnc(C2CCCCS2)o1. The van der Waals surface area contributed by atoms with Crippen LogP contribution in [0.3, 0.4) is 0 Å². The fourth-order valence-electron chi connectivity index (χ4n) is 1.28. The van der Waals surface area contributed by atoms with Crippen molar-refractivity contribution in [2.24, 2.45) is 0 Å². The summed E-state index contributed by atoms with van der Waals surface area (Å²) in [6, 6.07) is 0. The van der Waals surface area contributed by atoms with Crippen LogP contribution in [-0.4, -0.2) is 16.0 Å². The van der Waals surface area contributed by atoms with Crippen LogP contribution in [0.1, 0.15) is 30.4 Å². The minimum Gasteiger partial charge on any atom is -0.414 e. The molecule has 3 nitrogen and oxygen atoms in total. The van der Waals surface area contributed by atoms with Crippen LogP contribution in [0.4, 0.5) is 0 Å². The molecule has 1 aromatic heterocycles. The Morgan fingerprint density at radius 3 is 2.92 bits per heavy atom. The zero-order chi connectivity index (χ0) is 8.39. The van der Waals surface area contributed by atoms with Gasteiger partial charge in [0.25, 0.3) is 4.80 Å². The van der Waals surface area contributed by atoms with Crippen LogP contribution < -0.4 is 0 Å². The number of thioether (sulfide) groups is 1. The lowest BCUT2D eigenvalue weighted by Gasteiger charge is -2.16. The highest BCUT2D eigenvalue weighted by molar-refractivity contribution is 9.10. The minimum absolute atomic E-state index is 0.428. The second kappa shape index (κ2) is 3.79. The smallest absolute Gasteiger partial charge is 0.284 e. The normalized spacial score (nSPS) is 24.2. The second-order valence-electron chi connectivity index (χ2n) is 2.75. The van der Waals surface area contributed by atoms with Gasteiger partial charge in [0.15, 0.2) is 0 Å². The van der Waals surface area contributed by atoms with Gasteiger partial charge in [-0.25, -0.2) is 0 Å². The third-order valence-electron chi connectivity index (χ3n) is 1.87. The highest BCUT2D eigenvalue weighted by Crippen LogP contribution is 2.37. The maximum atomic E-state index is 5.30. The van der Waals surface area contributed by atoms with E-state index in [-0.39, 0.29) is 0 Å². The van der Waals surface area contributed by atoms with E-state index in [0.29, 0.717) is 10.0 Å². The molecule has 0 aromatic carbocycles. The van der Waals surface area contributed by atoms with Crippen molar-refractivity contribution in [1.82, 2.24) is 10.2 Å². The van der Waals surface area contributed by atoms with Gasteiger partial charge in [0.05, 0.1) is 5.25 Å². The molecule has 12 heavy (non-hydrogen) atoms. The summed E-state index contributed by atoms with van der Waals surface area (Å²) in [5.74, 6) is 1.98. The van der Waals surface area contributed by atoms with Crippen LogP contribution in [0.5, 0.6) is 0 Å². The largest absolute Gasteiger partial charge is 0.414 e. The van der Waals surface area contributed by atoms with Gasteiger partial charge in [-0.1, -0.05) is 6.42 Å². The number of hydrogen-bond donors (Lipinski definition) is 0. The summed E-state index contributed by atoms with van der Waals surface area (Å²) in [5.41, 5.74) is 0. The van der Waals surface area contributed by atoms with Crippen LogP contribution >= 0.6 is 27.7 Å². The van der Waals surface area contributed by atoms with Crippen molar-refractivity contribution in [2.75, 3.05) is 5.75 Å². The predicted octanol–water partition coefficient (Wildman–Crippen LogP) is 2.79. The highest BCUT2D eigenvalue weighted by atomic mass is 79.9. The number of rotatable bonds is 1. The summed E-state index contributed by atoms with van der Waals surface area (Å²) < 4.78 is 5.30. The fourth-order valence-corrected chi connectivity index (χ4v) is 2.75. The van der Waals surface area contributed by atoms with Gasteiger partial charge >= 0.3 is 0 Å². The molecule has 0 spiro atoms. The summed E-state index contributed by atoms with van der Waals surface area (Å²) in [6.45, 7) is 0. The first-order valence-corrected chi connectivity index (χ1v) is 5.81. The van der Waals surface area contributed by atoms with E-state index in [0.717, 1.165) is 5.89 Å². The molecule has 66 valence electrons. The van der Waals surface area contributed by atoms with E-state index < -0.39 is 0 Å². The fraction of sp³-hybridized carbons (Fsp3) is 0.714. The van der Waals surface area contributed by atoms with Crippen LogP contribution in [0.25, 0.3) is 0 Å². The summed E-state index contributed by atoms with van der Waals surface area (Å²) in [7, 11) is 0. The molecule has 1 aliphatic heterocycles. The van der Waals surface area contributed by atoms with Gasteiger partial charge < -0.3 is 4.42 Å². The standard InChI is InChI=1S/C7H9BrN2OS/c8-7-10-9-6(11-7)5-3-1-2-4-12-5/h5H,1-4H2. The Kier molecular flexibility index (Phi) is 2.70. The maximum Gasteiger partial charge on any atom is 0.284 e. The lowest BCUT2D eigenvalue weighted by molar-refractivity contribution is 0.454. The molecule has 1 fully saturated rings. The highest BCUT2D eigenvalue weighted by Gasteiger charge is 2.21. The van der Waals surface area contributed by atoms with Gasteiger partial charge in [-0.3, -0.25) is 0 Å². The van der Waals surface area contributed by atoms with Gasteiger partial charge in [-0.15, -0.1) is 22.0 Å². The molecular formula is C7H9BrN2OS. The summed E-state index contributed by atoms with van der Waals surface area (Å²) in [4.78, 5) is 0.490. The number of aromatic nitrogens is 2. The molecule has 0 bridgehead atoms. The van der Waals surface area contributed by atoms with Crippen molar-refractivity contribution in [3.8, 4) is 0 Å². The monoisotopic (exact) mass is 248 g/mol. The molecule has 1 aromatic rings. The van der Waals surface area contributed by atoms with Crippen molar-refractivity contribution in [3.05, 3.63) is 10.7 Å². The van der Waals surface area contributed by atoms with E-state index in [4.69, 9.17) is 4.42 Å². The lowest BCUT2D eigenvalue weighted by Crippen LogP contribution is -2.02. The van der Waals surface area contributed by atoms with Crippen molar-refractivity contribution < 1.29 is 4.42 Å². The Morgan fingerprint density at radius 2 is 2.33 bits per heavy atom. The Hall–Kier alpha value is -0.0300. The van der Waals surface area contributed by atoms with Crippen molar-refractivity contribution >= 4 is 27.7 Å². The first-order valence-electron chi connectivity index (χ1n) is 3.97. The van der Waals surface area contributed by atoms with E-state index in [1.807, 2.05) is 11.8 Å². The maximum absolute atomic E-state index is 5.30. The first-order chi connectivity index (χ1) is 5.86. The topological polar surface area (TPSA) is 38.9 Å². The Bertz CT molecular complexity index is 260. The summed E-state index contributed by atoms with van der Waals surface area (Å²) in [6.07, 6.45) is 3.76. The Labute approximate surface area is 83.4 Å². The molecule has 0 N–H and O–H groups in total. The number of halogens is 1. The lowest BCUT2D eigenvalue weighted by atomic mass is 10.2. The van der Waals surface area contributed by atoms with Crippen LogP contribution in [0.15, 0.2) is 9.22 Å². The zero-order valence-electron chi connectivity index (χ0n) is 6.49. The molecule has 0 saturated carbocycles. The van der Waals surface area contributed by atoms with E-state index in [1.165, 1.54) is 25.0 Å². The van der Waals surface area contributed by atoms with Crippen LogP contribution in [0, 0.1) is 0 Å². The zero-order valence-corrected chi connectivity index (χ0v) is 8.90. The number of hydrogen-bond acceptors (Lipinski definition) is 4. The predicted molar refractivity (Wildman–Crippen MR) is 51.0 cm³/mol. The molecule has 0 aliphatic carbocycles. The van der Waals surface area contributed by atoms with Crippen molar-refractivity contribution in [2.45, 2.75) is 24.5 Å². The molecule has 0 radical (unpaired) electrons. The van der Waals surface area contributed by atoms with Crippen molar-refractivity contribution in [1.29, 1.82) is 0 Å². The quantitative estimate of drug-likeness (QED) is 0.767. The second-order valence-corrected chi connectivity index (χ2v) is 4.74. The van der Waals surface area contributed by atoms with E-state index >= 15 is 0 Å². The number of nitrogens with zero attached hydrogens (tertiary/aromatic N) is 2. The third kappa shape index (κ3) is 1.82. The molecule has 2 rings (SSSR count).